The molecule has 0 aromatic heterocycles. The minimum Gasteiger partial charge on any atom is -0.493 e. The van der Waals surface area contributed by atoms with Gasteiger partial charge in [0, 0.05) is 0 Å². The molecule has 3 amide bonds. The summed E-state index contributed by atoms with van der Waals surface area (Å²) in [5.74, 6) is -0.551. The zero-order valence-corrected chi connectivity index (χ0v) is 17.8. The van der Waals surface area contributed by atoms with Crippen LogP contribution in [-0.4, -0.2) is 43.1 Å². The number of ether oxygens (including phenoxy) is 3. The first-order valence-electron chi connectivity index (χ1n) is 9.47. The van der Waals surface area contributed by atoms with E-state index in [1.807, 2.05) is 30.3 Å². The number of nitrogens with zero attached hydrogens (tertiary/aromatic N) is 1. The molecule has 9 heteroatoms. The second-order valence-corrected chi connectivity index (χ2v) is 6.90. The number of carbonyl (C=O) groups is 3. The summed E-state index contributed by atoms with van der Waals surface area (Å²) in [4.78, 5) is 37.6. The molecule has 8 nitrogen and oxygen atoms in total. The predicted octanol–water partition coefficient (Wildman–Crippen LogP) is 3.38. The maximum Gasteiger partial charge on any atom is 0.344 e. The third-order valence-corrected chi connectivity index (χ3v) is 4.63. The van der Waals surface area contributed by atoms with E-state index in [4.69, 9.17) is 25.8 Å². The van der Waals surface area contributed by atoms with Gasteiger partial charge in [0.15, 0.2) is 18.1 Å². The van der Waals surface area contributed by atoms with Gasteiger partial charge in [-0.2, -0.15) is 0 Å². The molecule has 1 fully saturated rings. The van der Waals surface area contributed by atoms with Gasteiger partial charge in [-0.3, -0.25) is 9.69 Å². The SMILES string of the molecule is CCOC(=O)COc1c(Cl)cc(/C=C2\NC(=O)N(Cc3ccccc3)C2=O)cc1OC. The van der Waals surface area contributed by atoms with Crippen LogP contribution in [0.1, 0.15) is 18.1 Å². The standard InChI is InChI=1S/C22H21ClN2O6/c1-3-30-19(26)13-31-20-16(23)9-15(11-18(20)29-2)10-17-21(27)25(22(28)24-17)12-14-7-5-4-6-8-14/h4-11H,3,12-13H2,1-2H3,(H,24,28)/b17-10-. The summed E-state index contributed by atoms with van der Waals surface area (Å²) >= 11 is 6.29. The molecule has 31 heavy (non-hydrogen) atoms. The van der Waals surface area contributed by atoms with E-state index in [9.17, 15) is 14.4 Å². The lowest BCUT2D eigenvalue weighted by Gasteiger charge is -2.13. The largest absolute Gasteiger partial charge is 0.493 e. The second kappa shape index (κ2) is 9.99. The van der Waals surface area contributed by atoms with Crippen LogP contribution in [0, 0.1) is 0 Å². The van der Waals surface area contributed by atoms with Gasteiger partial charge in [-0.05, 0) is 36.3 Å². The maximum absolute atomic E-state index is 12.7. The zero-order chi connectivity index (χ0) is 22.4. The Morgan fingerprint density at radius 1 is 1.19 bits per heavy atom. The number of urea groups is 1. The summed E-state index contributed by atoms with van der Waals surface area (Å²) in [6.45, 7) is 1.76. The van der Waals surface area contributed by atoms with Crippen molar-refractivity contribution in [3.8, 4) is 11.5 Å². The molecule has 2 aromatic carbocycles. The van der Waals surface area contributed by atoms with Crippen LogP contribution in [0.3, 0.4) is 0 Å². The highest BCUT2D eigenvalue weighted by Crippen LogP contribution is 2.37. The van der Waals surface area contributed by atoms with Crippen LogP contribution in [0.25, 0.3) is 6.08 Å². The van der Waals surface area contributed by atoms with Crippen molar-refractivity contribution < 1.29 is 28.6 Å². The van der Waals surface area contributed by atoms with Crippen molar-refractivity contribution in [1.29, 1.82) is 0 Å². The molecule has 1 aliphatic rings. The van der Waals surface area contributed by atoms with Crippen molar-refractivity contribution in [1.82, 2.24) is 10.2 Å². The minimum absolute atomic E-state index is 0.110. The Labute approximate surface area is 184 Å². The Morgan fingerprint density at radius 2 is 1.94 bits per heavy atom. The molecule has 1 N–H and O–H groups in total. The highest BCUT2D eigenvalue weighted by Gasteiger charge is 2.33. The number of nitrogens with one attached hydrogen (secondary N) is 1. The van der Waals surface area contributed by atoms with Gasteiger partial charge in [0.05, 0.1) is 25.3 Å². The van der Waals surface area contributed by atoms with Crippen LogP contribution >= 0.6 is 11.6 Å². The molecule has 3 rings (SSSR count). The van der Waals surface area contributed by atoms with E-state index in [1.54, 1.807) is 13.0 Å². The summed E-state index contributed by atoms with van der Waals surface area (Å²) in [6.07, 6.45) is 1.49. The first kappa shape index (κ1) is 22.2. The molecule has 1 aliphatic heterocycles. The number of benzene rings is 2. The number of methoxy groups -OCH3 is 1. The normalized spacial score (nSPS) is 14.5. The van der Waals surface area contributed by atoms with Crippen LogP contribution in [0.5, 0.6) is 11.5 Å². The van der Waals surface area contributed by atoms with E-state index in [2.05, 4.69) is 5.32 Å². The van der Waals surface area contributed by atoms with Crippen molar-refractivity contribution in [3.63, 3.8) is 0 Å². The quantitative estimate of drug-likeness (QED) is 0.381. The van der Waals surface area contributed by atoms with Gasteiger partial charge in [0.25, 0.3) is 5.91 Å². The summed E-state index contributed by atoms with van der Waals surface area (Å²) in [7, 11) is 1.42. The Bertz CT molecular complexity index is 1020. The average Bonchev–Trinajstić information content (AvgIpc) is 3.01. The smallest absolute Gasteiger partial charge is 0.344 e. The summed E-state index contributed by atoms with van der Waals surface area (Å²) in [6, 6.07) is 11.8. The first-order chi connectivity index (χ1) is 14.9. The molecular weight excluding hydrogens is 424 g/mol. The second-order valence-electron chi connectivity index (χ2n) is 6.49. The number of amides is 3. The van der Waals surface area contributed by atoms with Crippen molar-refractivity contribution >= 4 is 35.6 Å². The molecule has 0 radical (unpaired) electrons. The van der Waals surface area contributed by atoms with Gasteiger partial charge in [0.1, 0.15) is 5.70 Å². The molecule has 1 heterocycles. The van der Waals surface area contributed by atoms with Crippen molar-refractivity contribution in [2.75, 3.05) is 20.3 Å². The predicted molar refractivity (Wildman–Crippen MR) is 114 cm³/mol. The lowest BCUT2D eigenvalue weighted by Crippen LogP contribution is -2.30. The molecule has 0 aliphatic carbocycles. The number of esters is 1. The molecule has 0 spiro atoms. The number of hydrogen-bond acceptors (Lipinski definition) is 6. The number of imide groups is 1. The Hall–Kier alpha value is -3.52. The summed E-state index contributed by atoms with van der Waals surface area (Å²) in [5, 5.41) is 2.74. The number of halogens is 1. The van der Waals surface area contributed by atoms with Crippen LogP contribution in [-0.2, 0) is 20.9 Å². The van der Waals surface area contributed by atoms with Crippen molar-refractivity contribution in [2.24, 2.45) is 0 Å². The van der Waals surface area contributed by atoms with E-state index in [1.165, 1.54) is 19.3 Å². The topological polar surface area (TPSA) is 94.2 Å². The fourth-order valence-corrected chi connectivity index (χ4v) is 3.22. The lowest BCUT2D eigenvalue weighted by atomic mass is 10.1. The third-order valence-electron chi connectivity index (χ3n) is 4.35. The van der Waals surface area contributed by atoms with Gasteiger partial charge in [0.2, 0.25) is 0 Å². The summed E-state index contributed by atoms with van der Waals surface area (Å²) < 4.78 is 15.5. The Kier molecular flexibility index (Phi) is 7.15. The van der Waals surface area contributed by atoms with E-state index >= 15 is 0 Å². The van der Waals surface area contributed by atoms with Crippen LogP contribution < -0.4 is 14.8 Å². The van der Waals surface area contributed by atoms with Crippen LogP contribution in [0.2, 0.25) is 5.02 Å². The highest BCUT2D eigenvalue weighted by atomic mass is 35.5. The molecule has 1 saturated heterocycles. The third kappa shape index (κ3) is 5.35. The van der Waals surface area contributed by atoms with Crippen molar-refractivity contribution in [3.05, 3.63) is 64.3 Å². The maximum atomic E-state index is 12.7. The molecule has 0 bridgehead atoms. The molecule has 0 saturated carbocycles. The van der Waals surface area contributed by atoms with Gasteiger partial charge >= 0.3 is 12.0 Å². The van der Waals surface area contributed by atoms with Gasteiger partial charge in [-0.15, -0.1) is 0 Å². The molecule has 2 aromatic rings. The van der Waals surface area contributed by atoms with E-state index in [-0.39, 0.29) is 42.0 Å². The fraction of sp³-hybridized carbons (Fsp3) is 0.227. The van der Waals surface area contributed by atoms with Crippen LogP contribution in [0.4, 0.5) is 4.79 Å². The first-order valence-corrected chi connectivity index (χ1v) is 9.85. The monoisotopic (exact) mass is 444 g/mol. The molecule has 0 atom stereocenters. The number of carbonyl (C=O) groups excluding carboxylic acids is 3. The van der Waals surface area contributed by atoms with Gasteiger partial charge < -0.3 is 19.5 Å². The number of rotatable bonds is 8. The molecule has 0 unspecified atom stereocenters. The fourth-order valence-electron chi connectivity index (χ4n) is 2.94. The lowest BCUT2D eigenvalue weighted by molar-refractivity contribution is -0.145. The molecular formula is C22H21ClN2O6. The van der Waals surface area contributed by atoms with Crippen LogP contribution in [0.15, 0.2) is 48.2 Å². The highest BCUT2D eigenvalue weighted by molar-refractivity contribution is 6.32. The Morgan fingerprint density at radius 3 is 2.61 bits per heavy atom. The molecule has 162 valence electrons. The zero-order valence-electron chi connectivity index (χ0n) is 17.0. The summed E-state index contributed by atoms with van der Waals surface area (Å²) in [5.41, 5.74) is 1.45. The van der Waals surface area contributed by atoms with Gasteiger partial charge in [-0.25, -0.2) is 9.59 Å². The van der Waals surface area contributed by atoms with E-state index in [0.717, 1.165) is 10.5 Å². The number of hydrogen-bond donors (Lipinski definition) is 1. The van der Waals surface area contributed by atoms with Gasteiger partial charge in [-0.1, -0.05) is 41.9 Å². The Balaban J connectivity index is 1.79. The average molecular weight is 445 g/mol. The van der Waals surface area contributed by atoms with E-state index in [0.29, 0.717) is 5.56 Å². The minimum atomic E-state index is -0.537. The van der Waals surface area contributed by atoms with Crippen molar-refractivity contribution in [2.45, 2.75) is 13.5 Å². The van der Waals surface area contributed by atoms with E-state index < -0.39 is 17.9 Å².